The van der Waals surface area contributed by atoms with E-state index in [1.807, 2.05) is 24.4 Å². The van der Waals surface area contributed by atoms with Crippen LogP contribution in [0.4, 0.5) is 0 Å². The molecule has 1 aromatic carbocycles. The summed E-state index contributed by atoms with van der Waals surface area (Å²) in [6, 6.07) is 5.76. The van der Waals surface area contributed by atoms with Gasteiger partial charge in [0.25, 0.3) is 0 Å². The maximum atomic E-state index is 12.0. The zero-order valence-electron chi connectivity index (χ0n) is 12.7. The number of hydrogen-bond acceptors (Lipinski definition) is 3. The highest BCUT2D eigenvalue weighted by Crippen LogP contribution is 2.23. The Morgan fingerprint density at radius 2 is 2.26 bits per heavy atom. The molecule has 23 heavy (non-hydrogen) atoms. The highest BCUT2D eigenvalue weighted by molar-refractivity contribution is 6.31. The number of aromatic amines is 1. The van der Waals surface area contributed by atoms with Crippen molar-refractivity contribution in [2.24, 2.45) is 5.73 Å². The Hall–Kier alpha value is -1.27. The number of carbonyl (C=O) groups excluding carboxylic acids is 1. The molecule has 0 bridgehead atoms. The lowest BCUT2D eigenvalue weighted by molar-refractivity contribution is -0.131. The average molecular weight is 358 g/mol. The number of amides is 1. The summed E-state index contributed by atoms with van der Waals surface area (Å²) in [6.07, 6.45) is 3.98. The zero-order valence-corrected chi connectivity index (χ0v) is 14.3. The van der Waals surface area contributed by atoms with Gasteiger partial charge in [0, 0.05) is 35.2 Å². The predicted octanol–water partition coefficient (Wildman–Crippen LogP) is 2.41. The molecular formula is C16H21Cl2N3O2. The van der Waals surface area contributed by atoms with Crippen molar-refractivity contribution in [2.75, 3.05) is 13.1 Å². The number of ether oxygens (including phenoxy) is 1. The van der Waals surface area contributed by atoms with Crippen LogP contribution in [-0.2, 0) is 16.0 Å². The molecule has 1 aliphatic heterocycles. The van der Waals surface area contributed by atoms with Gasteiger partial charge in [-0.2, -0.15) is 0 Å². The second-order valence-corrected chi connectivity index (χ2v) is 6.04. The van der Waals surface area contributed by atoms with Gasteiger partial charge in [-0.25, -0.2) is 0 Å². The van der Waals surface area contributed by atoms with Gasteiger partial charge in [0.1, 0.15) is 6.10 Å². The number of hydrogen-bond donors (Lipinski definition) is 3. The van der Waals surface area contributed by atoms with Gasteiger partial charge in [-0.15, -0.1) is 12.4 Å². The van der Waals surface area contributed by atoms with Crippen molar-refractivity contribution in [3.63, 3.8) is 0 Å². The number of carbonyl (C=O) groups is 1. The SMILES string of the molecule is Cl.NC[C@H]1CC[C@@H](C(=O)NCCc2c[nH]c3ccc(Cl)cc23)O1. The Kier molecular flexibility index (Phi) is 6.30. The van der Waals surface area contributed by atoms with E-state index in [0.29, 0.717) is 18.1 Å². The molecule has 5 nitrogen and oxygen atoms in total. The lowest BCUT2D eigenvalue weighted by atomic mass is 10.1. The molecule has 1 saturated heterocycles. The molecule has 1 aliphatic rings. The van der Waals surface area contributed by atoms with E-state index < -0.39 is 0 Å². The third kappa shape index (κ3) is 4.18. The van der Waals surface area contributed by atoms with Crippen LogP contribution in [0.3, 0.4) is 0 Å². The largest absolute Gasteiger partial charge is 0.364 e. The van der Waals surface area contributed by atoms with E-state index in [-0.39, 0.29) is 30.5 Å². The van der Waals surface area contributed by atoms with Crippen LogP contribution >= 0.6 is 24.0 Å². The van der Waals surface area contributed by atoms with Gasteiger partial charge in [0.15, 0.2) is 0 Å². The summed E-state index contributed by atoms with van der Waals surface area (Å²) in [5.74, 6) is -0.0474. The zero-order chi connectivity index (χ0) is 15.5. The van der Waals surface area contributed by atoms with Crippen LogP contribution in [0.1, 0.15) is 18.4 Å². The highest BCUT2D eigenvalue weighted by atomic mass is 35.5. The molecule has 2 atom stereocenters. The Morgan fingerprint density at radius 1 is 1.43 bits per heavy atom. The van der Waals surface area contributed by atoms with Crippen LogP contribution < -0.4 is 11.1 Å². The van der Waals surface area contributed by atoms with Crippen molar-refractivity contribution < 1.29 is 9.53 Å². The second-order valence-electron chi connectivity index (χ2n) is 5.60. The van der Waals surface area contributed by atoms with Gasteiger partial charge in [0.2, 0.25) is 5.91 Å². The van der Waals surface area contributed by atoms with E-state index in [9.17, 15) is 4.79 Å². The molecule has 0 spiro atoms. The minimum absolute atomic E-state index is 0. The molecule has 1 aromatic heterocycles. The number of nitrogens with two attached hydrogens (primary N) is 1. The average Bonchev–Trinajstić information content (AvgIpc) is 3.14. The Balaban J connectivity index is 0.00000192. The van der Waals surface area contributed by atoms with Crippen molar-refractivity contribution >= 4 is 40.8 Å². The molecule has 1 fully saturated rings. The minimum atomic E-state index is -0.356. The lowest BCUT2D eigenvalue weighted by Gasteiger charge is -2.12. The summed E-state index contributed by atoms with van der Waals surface area (Å²) < 4.78 is 5.59. The number of fused-ring (bicyclic) bond motifs is 1. The van der Waals surface area contributed by atoms with Gasteiger partial charge < -0.3 is 20.8 Å². The standard InChI is InChI=1S/C16H20ClN3O2.ClH/c17-11-1-3-14-13(7-11)10(9-20-14)5-6-19-16(21)15-4-2-12(8-18)22-15;/h1,3,7,9,12,15,20H,2,4-6,8,18H2,(H,19,21);1H/t12-,15+;/m1./s1. The van der Waals surface area contributed by atoms with Crippen molar-refractivity contribution in [1.29, 1.82) is 0 Å². The van der Waals surface area contributed by atoms with Crippen LogP contribution in [0.5, 0.6) is 0 Å². The van der Waals surface area contributed by atoms with E-state index in [1.165, 1.54) is 0 Å². The van der Waals surface area contributed by atoms with Crippen LogP contribution in [0.25, 0.3) is 10.9 Å². The van der Waals surface area contributed by atoms with Gasteiger partial charge in [-0.05, 0) is 43.0 Å². The fourth-order valence-corrected chi connectivity index (χ4v) is 3.04. The van der Waals surface area contributed by atoms with Gasteiger partial charge >= 0.3 is 0 Å². The van der Waals surface area contributed by atoms with Crippen molar-refractivity contribution in [3.8, 4) is 0 Å². The fraction of sp³-hybridized carbons (Fsp3) is 0.438. The molecule has 0 aliphatic carbocycles. The van der Waals surface area contributed by atoms with Crippen LogP contribution in [-0.4, -0.2) is 36.2 Å². The van der Waals surface area contributed by atoms with Crippen LogP contribution in [0.2, 0.25) is 5.02 Å². The molecule has 4 N–H and O–H groups in total. The number of benzene rings is 1. The Bertz CT molecular complexity index is 674. The summed E-state index contributed by atoms with van der Waals surface area (Å²) in [5.41, 5.74) is 7.75. The molecule has 126 valence electrons. The summed E-state index contributed by atoms with van der Waals surface area (Å²) in [4.78, 5) is 15.3. The normalized spacial score (nSPS) is 20.4. The molecule has 0 unspecified atom stereocenters. The first kappa shape index (κ1) is 18.1. The fourth-order valence-electron chi connectivity index (χ4n) is 2.86. The summed E-state index contributed by atoms with van der Waals surface area (Å²) >= 11 is 6.04. The maximum Gasteiger partial charge on any atom is 0.249 e. The minimum Gasteiger partial charge on any atom is -0.364 e. The number of H-pyrrole nitrogens is 1. The van der Waals surface area contributed by atoms with Crippen molar-refractivity contribution in [2.45, 2.75) is 31.5 Å². The van der Waals surface area contributed by atoms with Gasteiger partial charge in [-0.3, -0.25) is 4.79 Å². The van der Waals surface area contributed by atoms with Gasteiger partial charge in [-0.1, -0.05) is 11.6 Å². The Morgan fingerprint density at radius 3 is 3.00 bits per heavy atom. The molecule has 3 rings (SSSR count). The lowest BCUT2D eigenvalue weighted by Crippen LogP contribution is -2.36. The van der Waals surface area contributed by atoms with Crippen LogP contribution in [0.15, 0.2) is 24.4 Å². The molecule has 7 heteroatoms. The first-order chi connectivity index (χ1) is 10.7. The van der Waals surface area contributed by atoms with E-state index in [4.69, 9.17) is 22.1 Å². The Labute approximate surface area is 146 Å². The smallest absolute Gasteiger partial charge is 0.249 e. The summed E-state index contributed by atoms with van der Waals surface area (Å²) in [5, 5.41) is 4.75. The van der Waals surface area contributed by atoms with Gasteiger partial charge in [0.05, 0.1) is 6.10 Å². The molecule has 2 aromatic rings. The van der Waals surface area contributed by atoms with E-state index in [0.717, 1.165) is 35.7 Å². The van der Waals surface area contributed by atoms with E-state index in [2.05, 4.69) is 10.3 Å². The maximum absolute atomic E-state index is 12.0. The number of nitrogens with one attached hydrogen (secondary N) is 2. The second kappa shape index (κ2) is 8.02. The first-order valence-electron chi connectivity index (χ1n) is 7.56. The number of aromatic nitrogens is 1. The number of halogens is 2. The highest BCUT2D eigenvalue weighted by Gasteiger charge is 2.29. The quantitative estimate of drug-likeness (QED) is 0.768. The van der Waals surface area contributed by atoms with Crippen molar-refractivity contribution in [1.82, 2.24) is 10.3 Å². The van der Waals surface area contributed by atoms with Crippen LogP contribution in [0, 0.1) is 0 Å². The van der Waals surface area contributed by atoms with E-state index in [1.54, 1.807) is 0 Å². The predicted molar refractivity (Wildman–Crippen MR) is 94.2 cm³/mol. The first-order valence-corrected chi connectivity index (χ1v) is 7.94. The molecule has 1 amide bonds. The summed E-state index contributed by atoms with van der Waals surface area (Å²) in [7, 11) is 0. The monoisotopic (exact) mass is 357 g/mol. The third-order valence-electron chi connectivity index (χ3n) is 4.09. The summed E-state index contributed by atoms with van der Waals surface area (Å²) in [6.45, 7) is 1.05. The number of rotatable bonds is 5. The molecule has 0 radical (unpaired) electrons. The van der Waals surface area contributed by atoms with E-state index >= 15 is 0 Å². The molecule has 0 saturated carbocycles. The third-order valence-corrected chi connectivity index (χ3v) is 4.32. The topological polar surface area (TPSA) is 80.1 Å². The molecular weight excluding hydrogens is 337 g/mol. The van der Waals surface area contributed by atoms with Crippen molar-refractivity contribution in [3.05, 3.63) is 35.0 Å². The molecule has 2 heterocycles.